The molecular weight excluding hydrogens is 633 g/mol. The molecule has 4 nitrogen and oxygen atoms in total. The van der Waals surface area contributed by atoms with Crippen LogP contribution in [0.4, 0.5) is 0 Å². The highest BCUT2D eigenvalue weighted by Gasteiger charge is 2.17. The van der Waals surface area contributed by atoms with Gasteiger partial charge in [0.15, 0.2) is 17.5 Å². The lowest BCUT2D eigenvalue weighted by atomic mass is 9.94. The molecule has 0 amide bonds. The molecule has 0 aliphatic carbocycles. The molecule has 52 heavy (non-hydrogen) atoms. The first-order chi connectivity index (χ1) is 25.7. The molecule has 242 valence electrons. The third-order valence-electron chi connectivity index (χ3n) is 9.99. The Morgan fingerprint density at radius 3 is 1.56 bits per heavy atom. The van der Waals surface area contributed by atoms with Gasteiger partial charge in [-0.3, -0.25) is 4.98 Å². The molecule has 10 rings (SSSR count). The molecule has 8 aromatic carbocycles. The number of fused-ring (bicyclic) bond motifs is 6. The van der Waals surface area contributed by atoms with Crippen molar-refractivity contribution >= 4 is 43.1 Å². The van der Waals surface area contributed by atoms with Gasteiger partial charge in [-0.25, -0.2) is 15.0 Å². The molecule has 0 fully saturated rings. The molecule has 0 spiro atoms. The Kier molecular flexibility index (Phi) is 7.10. The molecule has 0 unspecified atom stereocenters. The summed E-state index contributed by atoms with van der Waals surface area (Å²) in [4.78, 5) is 20.0. The van der Waals surface area contributed by atoms with Crippen LogP contribution in [0, 0.1) is 0 Å². The van der Waals surface area contributed by atoms with Crippen LogP contribution in [0.2, 0.25) is 0 Å². The monoisotopic (exact) mass is 662 g/mol. The third kappa shape index (κ3) is 5.26. The fourth-order valence-corrected chi connectivity index (χ4v) is 7.33. The Balaban J connectivity index is 1.18. The van der Waals surface area contributed by atoms with Crippen molar-refractivity contribution in [1.82, 2.24) is 19.9 Å². The van der Waals surface area contributed by atoms with Crippen LogP contribution >= 0.6 is 0 Å². The van der Waals surface area contributed by atoms with Crippen molar-refractivity contribution in [2.75, 3.05) is 0 Å². The summed E-state index contributed by atoms with van der Waals surface area (Å²) >= 11 is 0. The minimum Gasteiger partial charge on any atom is -0.264 e. The number of benzene rings is 8. The van der Waals surface area contributed by atoms with Gasteiger partial charge in [0.1, 0.15) is 0 Å². The second kappa shape index (κ2) is 12.4. The molecule has 2 heterocycles. The van der Waals surface area contributed by atoms with Crippen LogP contribution in [0.3, 0.4) is 0 Å². The predicted molar refractivity (Wildman–Crippen MR) is 215 cm³/mol. The maximum absolute atomic E-state index is 5.24. The molecule has 0 aliphatic rings. The summed E-state index contributed by atoms with van der Waals surface area (Å²) in [5, 5.41) is 9.12. The van der Waals surface area contributed by atoms with E-state index in [-0.39, 0.29) is 0 Å². The van der Waals surface area contributed by atoms with Gasteiger partial charge in [-0.15, -0.1) is 0 Å². The molecule has 0 radical (unpaired) electrons. The molecule has 0 bridgehead atoms. The van der Waals surface area contributed by atoms with Crippen molar-refractivity contribution in [2.45, 2.75) is 0 Å². The van der Waals surface area contributed by atoms with Crippen LogP contribution in [0.25, 0.3) is 99.5 Å². The van der Waals surface area contributed by atoms with E-state index in [1.54, 1.807) is 0 Å². The van der Waals surface area contributed by atoms with Gasteiger partial charge in [-0.2, -0.15) is 0 Å². The quantitative estimate of drug-likeness (QED) is 0.172. The Labute approximate surface area is 300 Å². The van der Waals surface area contributed by atoms with E-state index < -0.39 is 0 Å². The zero-order chi connectivity index (χ0) is 34.4. The topological polar surface area (TPSA) is 51.6 Å². The lowest BCUT2D eigenvalue weighted by Gasteiger charge is -2.14. The van der Waals surface area contributed by atoms with Gasteiger partial charge in [-0.1, -0.05) is 146 Å². The highest BCUT2D eigenvalue weighted by molar-refractivity contribution is 6.20. The van der Waals surface area contributed by atoms with Crippen molar-refractivity contribution in [3.63, 3.8) is 0 Å². The number of nitrogens with zero attached hydrogens (tertiary/aromatic N) is 4. The fourth-order valence-electron chi connectivity index (χ4n) is 7.33. The Morgan fingerprint density at radius 1 is 0.288 bits per heavy atom. The van der Waals surface area contributed by atoms with Gasteiger partial charge >= 0.3 is 0 Å². The van der Waals surface area contributed by atoms with E-state index in [1.807, 2.05) is 24.5 Å². The van der Waals surface area contributed by atoms with Gasteiger partial charge in [0.05, 0.1) is 0 Å². The summed E-state index contributed by atoms with van der Waals surface area (Å²) in [5.41, 5.74) is 7.53. The van der Waals surface area contributed by atoms with E-state index in [0.717, 1.165) is 60.0 Å². The summed E-state index contributed by atoms with van der Waals surface area (Å²) in [6, 6.07) is 59.7. The fraction of sp³-hybridized carbons (Fsp3) is 0. The van der Waals surface area contributed by atoms with Crippen LogP contribution in [0.15, 0.2) is 182 Å². The smallest absolute Gasteiger partial charge is 0.164 e. The van der Waals surface area contributed by atoms with Crippen molar-refractivity contribution in [3.05, 3.63) is 182 Å². The second-order valence-corrected chi connectivity index (χ2v) is 13.1. The zero-order valence-electron chi connectivity index (χ0n) is 28.1. The van der Waals surface area contributed by atoms with Crippen molar-refractivity contribution < 1.29 is 0 Å². The lowest BCUT2D eigenvalue weighted by molar-refractivity contribution is 1.08. The standard InChI is InChI=1S/C48H30N4/c1-3-9-31(10-4-1)33-15-17-34(18-16-33)46-50-47(38-22-21-36-27-35(19-20-37(36)28-38)32-11-5-2-6-12-32)52-48(51-46)45-29-44-40-25-26-49-30-39(40)23-24-43(44)41-13-7-8-14-42(41)45/h1-30H. The first kappa shape index (κ1) is 29.8. The number of rotatable bonds is 5. The van der Waals surface area contributed by atoms with Crippen LogP contribution in [-0.2, 0) is 0 Å². The summed E-state index contributed by atoms with van der Waals surface area (Å²) in [5.74, 6) is 1.90. The average molecular weight is 663 g/mol. The van der Waals surface area contributed by atoms with Crippen LogP contribution < -0.4 is 0 Å². The van der Waals surface area contributed by atoms with E-state index in [9.17, 15) is 0 Å². The SMILES string of the molecule is c1ccc(-c2ccc(-c3nc(-c4ccc5cc(-c6ccccc6)ccc5c4)nc(-c4cc5c6ccncc6ccc5c5ccccc45)n3)cc2)cc1. The molecule has 0 saturated heterocycles. The first-order valence-corrected chi connectivity index (χ1v) is 17.5. The molecule has 0 aliphatic heterocycles. The van der Waals surface area contributed by atoms with E-state index in [4.69, 9.17) is 15.0 Å². The molecule has 10 aromatic rings. The minimum atomic E-state index is 0.630. The zero-order valence-corrected chi connectivity index (χ0v) is 28.1. The van der Waals surface area contributed by atoms with E-state index in [1.165, 1.54) is 22.1 Å². The van der Waals surface area contributed by atoms with E-state index in [0.29, 0.717) is 17.5 Å². The number of hydrogen-bond acceptors (Lipinski definition) is 4. The molecule has 4 heteroatoms. The Morgan fingerprint density at radius 2 is 0.808 bits per heavy atom. The Hall–Kier alpha value is -7.04. The summed E-state index contributed by atoms with van der Waals surface area (Å²) in [6.07, 6.45) is 3.78. The van der Waals surface area contributed by atoms with Crippen LogP contribution in [-0.4, -0.2) is 19.9 Å². The maximum atomic E-state index is 5.24. The van der Waals surface area contributed by atoms with Gasteiger partial charge in [0.2, 0.25) is 0 Å². The van der Waals surface area contributed by atoms with Gasteiger partial charge in [0.25, 0.3) is 0 Å². The van der Waals surface area contributed by atoms with Gasteiger partial charge < -0.3 is 0 Å². The number of pyridine rings is 1. The summed E-state index contributed by atoms with van der Waals surface area (Å²) < 4.78 is 0. The first-order valence-electron chi connectivity index (χ1n) is 17.5. The lowest BCUT2D eigenvalue weighted by Crippen LogP contribution is -2.01. The summed E-state index contributed by atoms with van der Waals surface area (Å²) in [7, 11) is 0. The summed E-state index contributed by atoms with van der Waals surface area (Å²) in [6.45, 7) is 0. The normalized spacial score (nSPS) is 11.5. The molecule has 0 saturated carbocycles. The molecule has 0 atom stereocenters. The number of hydrogen-bond donors (Lipinski definition) is 0. The Bertz CT molecular complexity index is 2940. The molecular formula is C48H30N4. The molecule has 0 N–H and O–H groups in total. The highest BCUT2D eigenvalue weighted by atomic mass is 15.0. The van der Waals surface area contributed by atoms with Crippen molar-refractivity contribution in [2.24, 2.45) is 0 Å². The molecule has 2 aromatic heterocycles. The van der Waals surface area contributed by atoms with Crippen molar-refractivity contribution in [3.8, 4) is 56.4 Å². The highest BCUT2D eigenvalue weighted by Crippen LogP contribution is 2.38. The van der Waals surface area contributed by atoms with Gasteiger partial charge in [0, 0.05) is 34.5 Å². The number of aromatic nitrogens is 4. The van der Waals surface area contributed by atoms with Crippen LogP contribution in [0.1, 0.15) is 0 Å². The largest absolute Gasteiger partial charge is 0.264 e. The van der Waals surface area contributed by atoms with Gasteiger partial charge in [-0.05, 0) is 84.2 Å². The van der Waals surface area contributed by atoms with E-state index in [2.05, 4.69) is 163 Å². The van der Waals surface area contributed by atoms with Crippen LogP contribution in [0.5, 0.6) is 0 Å². The predicted octanol–water partition coefficient (Wildman–Crippen LogP) is 12.2. The average Bonchev–Trinajstić information content (AvgIpc) is 3.23. The maximum Gasteiger partial charge on any atom is 0.164 e. The van der Waals surface area contributed by atoms with Crippen molar-refractivity contribution in [1.29, 1.82) is 0 Å². The third-order valence-corrected chi connectivity index (χ3v) is 9.99. The second-order valence-electron chi connectivity index (χ2n) is 13.1. The van der Waals surface area contributed by atoms with E-state index >= 15 is 0 Å². The minimum absolute atomic E-state index is 0.630.